The predicted molar refractivity (Wildman–Crippen MR) is 66.1 cm³/mol. The SMILES string of the molecule is C[C@@H](O)[C@H](NC(=O)[C@H](CS)NC(=O)CN)C(=O)O. The molecule has 9 heteroatoms. The summed E-state index contributed by atoms with van der Waals surface area (Å²) in [6.07, 6.45) is -1.27. The van der Waals surface area contributed by atoms with E-state index in [0.717, 1.165) is 0 Å². The maximum absolute atomic E-state index is 11.7. The highest BCUT2D eigenvalue weighted by molar-refractivity contribution is 7.80. The molecule has 0 aliphatic heterocycles. The van der Waals surface area contributed by atoms with Crippen LogP contribution in [0.15, 0.2) is 0 Å². The van der Waals surface area contributed by atoms with E-state index in [1.807, 2.05) is 0 Å². The molecule has 0 aliphatic rings. The number of aliphatic hydroxyl groups excluding tert-OH is 1. The molecule has 0 aromatic rings. The number of hydrogen-bond acceptors (Lipinski definition) is 6. The first-order valence-corrected chi connectivity index (χ1v) is 5.78. The highest BCUT2D eigenvalue weighted by Crippen LogP contribution is 1.96. The van der Waals surface area contributed by atoms with Crippen molar-refractivity contribution < 1.29 is 24.6 Å². The van der Waals surface area contributed by atoms with Gasteiger partial charge in [-0.05, 0) is 6.92 Å². The summed E-state index contributed by atoms with van der Waals surface area (Å²) in [4.78, 5) is 33.4. The topological polar surface area (TPSA) is 142 Å². The van der Waals surface area contributed by atoms with Crippen LogP contribution < -0.4 is 16.4 Å². The summed E-state index contributed by atoms with van der Waals surface area (Å²) in [6, 6.07) is -2.46. The fourth-order valence-corrected chi connectivity index (χ4v) is 1.35. The smallest absolute Gasteiger partial charge is 0.328 e. The lowest BCUT2D eigenvalue weighted by Gasteiger charge is -2.21. The Labute approximate surface area is 109 Å². The van der Waals surface area contributed by atoms with E-state index in [-0.39, 0.29) is 12.3 Å². The quantitative estimate of drug-likeness (QED) is 0.280. The van der Waals surface area contributed by atoms with Crippen molar-refractivity contribution in [3.63, 3.8) is 0 Å². The van der Waals surface area contributed by atoms with Crippen molar-refractivity contribution >= 4 is 30.4 Å². The summed E-state index contributed by atoms with van der Waals surface area (Å²) >= 11 is 3.87. The Kier molecular flexibility index (Phi) is 7.32. The lowest BCUT2D eigenvalue weighted by Crippen LogP contribution is -2.56. The van der Waals surface area contributed by atoms with Gasteiger partial charge in [0.25, 0.3) is 0 Å². The summed E-state index contributed by atoms with van der Waals surface area (Å²) in [5.74, 6) is -2.71. The van der Waals surface area contributed by atoms with E-state index in [4.69, 9.17) is 10.8 Å². The minimum absolute atomic E-state index is 0.0241. The number of carboxylic acids is 1. The minimum atomic E-state index is -1.45. The molecule has 18 heavy (non-hydrogen) atoms. The molecule has 2 amide bonds. The monoisotopic (exact) mass is 279 g/mol. The molecule has 0 unspecified atom stereocenters. The van der Waals surface area contributed by atoms with Crippen LogP contribution in [0.25, 0.3) is 0 Å². The van der Waals surface area contributed by atoms with Crippen molar-refractivity contribution in [3.05, 3.63) is 0 Å². The molecule has 0 fully saturated rings. The van der Waals surface area contributed by atoms with Gasteiger partial charge in [-0.15, -0.1) is 0 Å². The molecule has 0 saturated heterocycles. The lowest BCUT2D eigenvalue weighted by molar-refractivity contribution is -0.145. The number of aliphatic carboxylic acids is 1. The Morgan fingerprint density at radius 3 is 2.22 bits per heavy atom. The van der Waals surface area contributed by atoms with Gasteiger partial charge in [-0.2, -0.15) is 12.6 Å². The second-order valence-corrected chi connectivity index (χ2v) is 3.94. The number of carbonyl (C=O) groups is 3. The number of carbonyl (C=O) groups excluding carboxylic acids is 2. The predicted octanol–water partition coefficient (Wildman–Crippen LogP) is -2.69. The van der Waals surface area contributed by atoms with Gasteiger partial charge in [0, 0.05) is 5.75 Å². The van der Waals surface area contributed by atoms with Crippen molar-refractivity contribution in [2.75, 3.05) is 12.3 Å². The first-order chi connectivity index (χ1) is 8.33. The molecule has 0 rings (SSSR count). The van der Waals surface area contributed by atoms with Crippen molar-refractivity contribution in [2.24, 2.45) is 5.73 Å². The van der Waals surface area contributed by atoms with Gasteiger partial charge in [0.1, 0.15) is 6.04 Å². The third-order valence-corrected chi connectivity index (χ3v) is 2.43. The largest absolute Gasteiger partial charge is 0.480 e. The molecule has 0 aromatic heterocycles. The van der Waals surface area contributed by atoms with Gasteiger partial charge in [-0.3, -0.25) is 9.59 Å². The van der Waals surface area contributed by atoms with Gasteiger partial charge >= 0.3 is 5.97 Å². The molecule has 6 N–H and O–H groups in total. The Morgan fingerprint density at radius 2 is 1.89 bits per heavy atom. The van der Waals surface area contributed by atoms with Gasteiger partial charge in [-0.25, -0.2) is 4.79 Å². The fourth-order valence-electron chi connectivity index (χ4n) is 1.09. The molecule has 0 spiro atoms. The van der Waals surface area contributed by atoms with Crippen LogP contribution in [0.1, 0.15) is 6.92 Å². The van der Waals surface area contributed by atoms with Gasteiger partial charge in [0.15, 0.2) is 6.04 Å². The maximum Gasteiger partial charge on any atom is 0.328 e. The van der Waals surface area contributed by atoms with Crippen LogP contribution in [0.4, 0.5) is 0 Å². The summed E-state index contributed by atoms with van der Waals surface area (Å²) in [5.41, 5.74) is 5.07. The molecule has 0 heterocycles. The second-order valence-electron chi connectivity index (χ2n) is 3.57. The zero-order valence-electron chi connectivity index (χ0n) is 9.79. The molecule has 0 aliphatic carbocycles. The van der Waals surface area contributed by atoms with Crippen molar-refractivity contribution in [1.29, 1.82) is 0 Å². The molecule has 0 saturated carbocycles. The Morgan fingerprint density at radius 1 is 1.33 bits per heavy atom. The standard InChI is InChI=1S/C9H17N3O5S/c1-4(13)7(9(16)17)12-8(15)5(3-18)11-6(14)2-10/h4-5,7,13,18H,2-3,10H2,1H3,(H,11,14)(H,12,15)(H,16,17)/t4-,5+,7+/m1/s1. The molecular formula is C9H17N3O5S. The number of rotatable bonds is 7. The highest BCUT2D eigenvalue weighted by atomic mass is 32.1. The van der Waals surface area contributed by atoms with E-state index in [1.54, 1.807) is 0 Å². The summed E-state index contributed by atoms with van der Waals surface area (Å²) in [5, 5.41) is 22.3. The normalized spacial score (nSPS) is 15.3. The average Bonchev–Trinajstić information content (AvgIpc) is 2.31. The number of thiol groups is 1. The van der Waals surface area contributed by atoms with Crippen LogP contribution in [-0.2, 0) is 14.4 Å². The third kappa shape index (κ3) is 5.34. The molecular weight excluding hydrogens is 262 g/mol. The molecule has 8 nitrogen and oxygen atoms in total. The van der Waals surface area contributed by atoms with Gasteiger partial charge < -0.3 is 26.6 Å². The molecule has 0 bridgehead atoms. The van der Waals surface area contributed by atoms with Crippen molar-refractivity contribution in [3.8, 4) is 0 Å². The Bertz CT molecular complexity index is 323. The number of amides is 2. The Balaban J connectivity index is 4.60. The number of carboxylic acid groups (broad SMARTS) is 1. The zero-order valence-corrected chi connectivity index (χ0v) is 10.7. The number of nitrogens with two attached hydrogens (primary N) is 1. The van der Waals surface area contributed by atoms with Crippen LogP contribution in [0, 0.1) is 0 Å². The van der Waals surface area contributed by atoms with E-state index in [2.05, 4.69) is 23.3 Å². The fraction of sp³-hybridized carbons (Fsp3) is 0.667. The van der Waals surface area contributed by atoms with Crippen LogP contribution in [-0.4, -0.2) is 58.5 Å². The Hall–Kier alpha value is -1.32. The molecule has 104 valence electrons. The van der Waals surface area contributed by atoms with Crippen LogP contribution in [0.3, 0.4) is 0 Å². The number of hydrogen-bond donors (Lipinski definition) is 6. The summed E-state index contributed by atoms with van der Waals surface area (Å²) in [6.45, 7) is 0.934. The van der Waals surface area contributed by atoms with E-state index >= 15 is 0 Å². The highest BCUT2D eigenvalue weighted by Gasteiger charge is 2.28. The lowest BCUT2D eigenvalue weighted by atomic mass is 10.1. The number of nitrogens with one attached hydrogen (secondary N) is 2. The maximum atomic E-state index is 11.7. The van der Waals surface area contributed by atoms with Gasteiger partial charge in [-0.1, -0.05) is 0 Å². The van der Waals surface area contributed by atoms with Crippen molar-refractivity contribution in [1.82, 2.24) is 10.6 Å². The van der Waals surface area contributed by atoms with E-state index < -0.39 is 36.0 Å². The minimum Gasteiger partial charge on any atom is -0.480 e. The van der Waals surface area contributed by atoms with E-state index in [1.165, 1.54) is 6.92 Å². The van der Waals surface area contributed by atoms with E-state index in [0.29, 0.717) is 0 Å². The molecule has 0 radical (unpaired) electrons. The second kappa shape index (κ2) is 7.90. The first kappa shape index (κ1) is 16.7. The first-order valence-electron chi connectivity index (χ1n) is 5.15. The molecule has 0 aromatic carbocycles. The zero-order chi connectivity index (χ0) is 14.3. The summed E-state index contributed by atoms with van der Waals surface area (Å²) in [7, 11) is 0. The number of aliphatic hydroxyl groups is 1. The van der Waals surface area contributed by atoms with E-state index in [9.17, 15) is 19.5 Å². The molecule has 3 atom stereocenters. The van der Waals surface area contributed by atoms with Gasteiger partial charge in [0.2, 0.25) is 11.8 Å². The van der Waals surface area contributed by atoms with Crippen molar-refractivity contribution in [2.45, 2.75) is 25.1 Å². The average molecular weight is 279 g/mol. The summed E-state index contributed by atoms with van der Waals surface area (Å²) < 4.78 is 0. The van der Waals surface area contributed by atoms with Gasteiger partial charge in [0.05, 0.1) is 12.6 Å². The van der Waals surface area contributed by atoms with Crippen LogP contribution >= 0.6 is 12.6 Å². The third-order valence-electron chi connectivity index (χ3n) is 2.07. The van der Waals surface area contributed by atoms with Crippen LogP contribution in [0.5, 0.6) is 0 Å². The van der Waals surface area contributed by atoms with Crippen LogP contribution in [0.2, 0.25) is 0 Å².